The molecule has 31 heavy (non-hydrogen) atoms. The molecule has 3 heterocycles. The van der Waals surface area contributed by atoms with E-state index in [0.717, 1.165) is 36.0 Å². The molecule has 1 saturated carbocycles. The van der Waals surface area contributed by atoms with Crippen molar-refractivity contribution in [1.29, 1.82) is 0 Å². The van der Waals surface area contributed by atoms with Gasteiger partial charge in [-0.05, 0) is 24.0 Å². The highest BCUT2D eigenvalue weighted by molar-refractivity contribution is 6.05. The van der Waals surface area contributed by atoms with Crippen molar-refractivity contribution in [3.8, 4) is 11.1 Å². The van der Waals surface area contributed by atoms with Gasteiger partial charge in [0.05, 0.1) is 31.0 Å². The number of ether oxygens (including phenoxy) is 1. The van der Waals surface area contributed by atoms with Crippen molar-refractivity contribution in [1.82, 2.24) is 19.5 Å². The summed E-state index contributed by atoms with van der Waals surface area (Å²) in [5.41, 5.74) is 14.7. The van der Waals surface area contributed by atoms with Crippen molar-refractivity contribution >= 4 is 17.7 Å². The number of aliphatic imine (C=N–C) groups is 1. The maximum absolute atomic E-state index is 12.7. The van der Waals surface area contributed by atoms with Crippen molar-refractivity contribution in [3.63, 3.8) is 0 Å². The van der Waals surface area contributed by atoms with E-state index in [1.807, 2.05) is 28.8 Å². The number of aromatic nitrogens is 4. The Bertz CT molecular complexity index is 1130. The number of rotatable bonds is 5. The SMILES string of the molecule is NC(=NC(=O)c1cn(C2COC2)cn1)C1(c2ccc(-c3cnc(N)nc3)cc2)CCC1. The van der Waals surface area contributed by atoms with Crippen molar-refractivity contribution in [2.24, 2.45) is 10.7 Å². The van der Waals surface area contributed by atoms with Gasteiger partial charge in [-0.1, -0.05) is 30.7 Å². The van der Waals surface area contributed by atoms with E-state index in [1.165, 1.54) is 0 Å². The van der Waals surface area contributed by atoms with Gasteiger partial charge in [0.2, 0.25) is 5.95 Å². The molecular weight excluding hydrogens is 394 g/mol. The number of imidazole rings is 1. The van der Waals surface area contributed by atoms with E-state index in [9.17, 15) is 4.79 Å². The van der Waals surface area contributed by atoms with Gasteiger partial charge in [-0.2, -0.15) is 4.99 Å². The fraction of sp³-hybridized carbons (Fsp3) is 0.318. The van der Waals surface area contributed by atoms with E-state index >= 15 is 0 Å². The summed E-state index contributed by atoms with van der Waals surface area (Å²) >= 11 is 0. The molecule has 2 aliphatic rings. The van der Waals surface area contributed by atoms with E-state index in [1.54, 1.807) is 24.9 Å². The summed E-state index contributed by atoms with van der Waals surface area (Å²) in [5.74, 6) is 0.167. The summed E-state index contributed by atoms with van der Waals surface area (Å²) in [7, 11) is 0. The number of amidine groups is 1. The van der Waals surface area contributed by atoms with Gasteiger partial charge in [0.25, 0.3) is 5.91 Å². The second-order valence-electron chi connectivity index (χ2n) is 8.04. The van der Waals surface area contributed by atoms with Gasteiger partial charge in [0.15, 0.2) is 0 Å². The molecule has 1 saturated heterocycles. The predicted molar refractivity (Wildman–Crippen MR) is 115 cm³/mol. The average molecular weight is 417 g/mol. The molecule has 3 aromatic rings. The molecule has 5 rings (SSSR count). The third kappa shape index (κ3) is 3.46. The minimum absolute atomic E-state index is 0.235. The Morgan fingerprint density at radius 1 is 1.10 bits per heavy atom. The molecule has 2 fully saturated rings. The van der Waals surface area contributed by atoms with Crippen molar-refractivity contribution in [2.45, 2.75) is 30.7 Å². The number of amides is 1. The zero-order valence-electron chi connectivity index (χ0n) is 16.9. The lowest BCUT2D eigenvalue weighted by atomic mass is 9.63. The highest BCUT2D eigenvalue weighted by atomic mass is 16.5. The number of benzene rings is 1. The van der Waals surface area contributed by atoms with Crippen LogP contribution in [0.15, 0.2) is 54.2 Å². The van der Waals surface area contributed by atoms with Crippen LogP contribution in [0.1, 0.15) is 41.4 Å². The topological polar surface area (TPSA) is 134 Å². The Labute approximate surface area is 179 Å². The van der Waals surface area contributed by atoms with Crippen LogP contribution in [0.25, 0.3) is 11.1 Å². The number of nitrogens with zero attached hydrogens (tertiary/aromatic N) is 5. The number of nitrogens with two attached hydrogens (primary N) is 2. The Morgan fingerprint density at radius 2 is 1.81 bits per heavy atom. The van der Waals surface area contributed by atoms with Crippen LogP contribution in [-0.2, 0) is 10.2 Å². The molecule has 9 nitrogen and oxygen atoms in total. The highest BCUT2D eigenvalue weighted by Crippen LogP contribution is 2.44. The molecule has 9 heteroatoms. The van der Waals surface area contributed by atoms with Gasteiger partial charge in [0.1, 0.15) is 11.5 Å². The lowest BCUT2D eigenvalue weighted by Gasteiger charge is -2.41. The van der Waals surface area contributed by atoms with E-state index in [4.69, 9.17) is 16.2 Å². The number of hydrogen-bond acceptors (Lipinski definition) is 6. The van der Waals surface area contributed by atoms with Crippen LogP contribution in [-0.4, -0.2) is 44.5 Å². The number of carbonyl (C=O) groups is 1. The van der Waals surface area contributed by atoms with E-state index < -0.39 is 11.3 Å². The van der Waals surface area contributed by atoms with Gasteiger partial charge >= 0.3 is 0 Å². The molecular formula is C22H23N7O2. The molecule has 0 radical (unpaired) electrons. The Balaban J connectivity index is 1.37. The van der Waals surface area contributed by atoms with Crippen molar-refractivity contribution in [2.75, 3.05) is 18.9 Å². The third-order valence-corrected chi connectivity index (χ3v) is 6.22. The van der Waals surface area contributed by atoms with Crippen LogP contribution in [0, 0.1) is 0 Å². The number of anilines is 1. The third-order valence-electron chi connectivity index (χ3n) is 6.22. The van der Waals surface area contributed by atoms with Gasteiger partial charge in [0, 0.05) is 24.2 Å². The monoisotopic (exact) mass is 417 g/mol. The lowest BCUT2D eigenvalue weighted by Crippen LogP contribution is -2.47. The summed E-state index contributed by atoms with van der Waals surface area (Å²) in [6.07, 6.45) is 9.49. The van der Waals surface area contributed by atoms with Crippen LogP contribution in [0.5, 0.6) is 0 Å². The summed E-state index contributed by atoms with van der Waals surface area (Å²) in [5, 5.41) is 0. The first-order valence-electron chi connectivity index (χ1n) is 10.2. The molecule has 0 unspecified atom stereocenters. The largest absolute Gasteiger partial charge is 0.386 e. The van der Waals surface area contributed by atoms with Crippen LogP contribution in [0.2, 0.25) is 0 Å². The van der Waals surface area contributed by atoms with Gasteiger partial charge < -0.3 is 20.8 Å². The Kier molecular flexibility index (Phi) is 4.74. The molecule has 158 valence electrons. The van der Waals surface area contributed by atoms with Crippen LogP contribution < -0.4 is 11.5 Å². The molecule has 1 amide bonds. The van der Waals surface area contributed by atoms with Gasteiger partial charge in [-0.3, -0.25) is 4.79 Å². The molecule has 1 aromatic carbocycles. The first kappa shape index (κ1) is 19.4. The van der Waals surface area contributed by atoms with Crippen LogP contribution in [0.4, 0.5) is 5.95 Å². The second kappa shape index (κ2) is 7.59. The first-order valence-corrected chi connectivity index (χ1v) is 10.2. The van der Waals surface area contributed by atoms with E-state index in [0.29, 0.717) is 24.7 Å². The zero-order chi connectivity index (χ0) is 21.4. The summed E-state index contributed by atoms with van der Waals surface area (Å²) in [6, 6.07) is 8.30. The maximum atomic E-state index is 12.7. The summed E-state index contributed by atoms with van der Waals surface area (Å²) in [4.78, 5) is 29.2. The summed E-state index contributed by atoms with van der Waals surface area (Å²) < 4.78 is 7.08. The fourth-order valence-corrected chi connectivity index (χ4v) is 4.01. The Morgan fingerprint density at radius 3 is 2.39 bits per heavy atom. The molecule has 4 N–H and O–H groups in total. The predicted octanol–water partition coefficient (Wildman–Crippen LogP) is 2.11. The molecule has 0 atom stereocenters. The molecule has 0 bridgehead atoms. The van der Waals surface area contributed by atoms with Crippen molar-refractivity contribution < 1.29 is 9.53 Å². The van der Waals surface area contributed by atoms with Crippen LogP contribution >= 0.6 is 0 Å². The smallest absolute Gasteiger partial charge is 0.298 e. The fourth-order valence-electron chi connectivity index (χ4n) is 4.01. The highest BCUT2D eigenvalue weighted by Gasteiger charge is 2.43. The number of carbonyl (C=O) groups excluding carboxylic acids is 1. The number of nitrogen functional groups attached to an aromatic ring is 1. The van der Waals surface area contributed by atoms with Crippen molar-refractivity contribution in [3.05, 3.63) is 60.4 Å². The molecule has 2 aromatic heterocycles. The lowest BCUT2D eigenvalue weighted by molar-refractivity contribution is -0.0233. The minimum Gasteiger partial charge on any atom is -0.386 e. The second-order valence-corrected chi connectivity index (χ2v) is 8.04. The van der Waals surface area contributed by atoms with Gasteiger partial charge in [-0.25, -0.2) is 15.0 Å². The maximum Gasteiger partial charge on any atom is 0.298 e. The van der Waals surface area contributed by atoms with Crippen LogP contribution in [0.3, 0.4) is 0 Å². The number of hydrogen-bond donors (Lipinski definition) is 2. The normalized spacial score (nSPS) is 18.3. The molecule has 0 spiro atoms. The standard InChI is InChI=1S/C22H23N7O2/c23-20(28-19(30)18-10-29(13-27-18)17-11-31-12-17)22(6-1-7-22)16-4-2-14(3-5-16)15-8-25-21(24)26-9-15/h2-5,8-10,13,17H,1,6-7,11-12H2,(H2,23,28,30)(H2,24,25,26). The quantitative estimate of drug-likeness (QED) is 0.479. The Hall–Kier alpha value is -3.59. The zero-order valence-corrected chi connectivity index (χ0v) is 16.9. The average Bonchev–Trinajstić information content (AvgIpc) is 3.16. The molecule has 1 aliphatic heterocycles. The summed E-state index contributed by atoms with van der Waals surface area (Å²) in [6.45, 7) is 1.27. The minimum atomic E-state index is -0.420. The van der Waals surface area contributed by atoms with E-state index in [-0.39, 0.29) is 12.0 Å². The first-order chi connectivity index (χ1) is 15.0. The molecule has 1 aliphatic carbocycles. The van der Waals surface area contributed by atoms with E-state index in [2.05, 4.69) is 19.9 Å². The van der Waals surface area contributed by atoms with Gasteiger partial charge in [-0.15, -0.1) is 0 Å².